The van der Waals surface area contributed by atoms with E-state index in [-0.39, 0.29) is 0 Å². The van der Waals surface area contributed by atoms with Crippen molar-refractivity contribution in [3.05, 3.63) is 176 Å². The molecule has 0 saturated carbocycles. The van der Waals surface area contributed by atoms with Gasteiger partial charge in [0.05, 0.1) is 0 Å². The van der Waals surface area contributed by atoms with E-state index in [9.17, 15) is 0 Å². The van der Waals surface area contributed by atoms with Gasteiger partial charge in [0.15, 0.2) is 17.5 Å². The molecule has 0 aliphatic carbocycles. The fraction of sp³-hybridized carbons (Fsp3) is 0. The van der Waals surface area contributed by atoms with Gasteiger partial charge in [0, 0.05) is 47.6 Å². The third-order valence-corrected chi connectivity index (χ3v) is 11.4. The Morgan fingerprint density at radius 1 is 0.352 bits per heavy atom. The zero-order chi connectivity index (χ0) is 35.6. The van der Waals surface area contributed by atoms with E-state index in [0.717, 1.165) is 71.7 Å². The van der Waals surface area contributed by atoms with Gasteiger partial charge in [-0.1, -0.05) is 133 Å². The lowest BCUT2D eigenvalue weighted by molar-refractivity contribution is 0.669. The van der Waals surface area contributed by atoms with Crippen molar-refractivity contribution in [2.75, 3.05) is 0 Å². The summed E-state index contributed by atoms with van der Waals surface area (Å²) in [7, 11) is 0. The minimum absolute atomic E-state index is 0.620. The Bertz CT molecular complexity index is 3220. The van der Waals surface area contributed by atoms with Crippen LogP contribution in [0.2, 0.25) is 0 Å². The maximum atomic E-state index is 6.56. The minimum Gasteiger partial charge on any atom is -0.456 e. The summed E-state index contributed by atoms with van der Waals surface area (Å²) in [5, 5.41) is 6.79. The van der Waals surface area contributed by atoms with Crippen LogP contribution in [0.1, 0.15) is 0 Å². The average Bonchev–Trinajstić information content (AvgIpc) is 3.82. The molecule has 3 heterocycles. The van der Waals surface area contributed by atoms with Crippen LogP contribution in [0.4, 0.5) is 0 Å². The van der Waals surface area contributed by atoms with E-state index in [4.69, 9.17) is 19.4 Å². The second-order valence-electron chi connectivity index (χ2n) is 13.6. The number of furan rings is 1. The van der Waals surface area contributed by atoms with E-state index in [1.54, 1.807) is 11.3 Å². The van der Waals surface area contributed by atoms with Crippen molar-refractivity contribution in [1.29, 1.82) is 0 Å². The SMILES string of the molecule is c1ccc(-c2cc(-c3cc(-c4nc(-c5ccccc5)nc(-c5cccc6sc7ccccc7c56)n4)cc4ccccc34)c3c(c2)oc2ccccc23)cc1. The molecule has 3 aromatic heterocycles. The number of hydrogen-bond donors (Lipinski definition) is 0. The third-order valence-electron chi connectivity index (χ3n) is 10.3. The molecule has 11 rings (SSSR count). The second kappa shape index (κ2) is 12.3. The molecule has 0 amide bonds. The third kappa shape index (κ3) is 5.01. The molecule has 0 bridgehead atoms. The van der Waals surface area contributed by atoms with Crippen molar-refractivity contribution >= 4 is 64.2 Å². The summed E-state index contributed by atoms with van der Waals surface area (Å²) in [5.41, 5.74) is 8.98. The van der Waals surface area contributed by atoms with Crippen LogP contribution in [0.3, 0.4) is 0 Å². The Hall–Kier alpha value is -6.95. The maximum absolute atomic E-state index is 6.56. The van der Waals surface area contributed by atoms with Gasteiger partial charge in [-0.2, -0.15) is 0 Å². The summed E-state index contributed by atoms with van der Waals surface area (Å²) in [6.07, 6.45) is 0. The number of benzene rings is 8. The monoisotopic (exact) mass is 707 g/mol. The fourth-order valence-corrected chi connectivity index (χ4v) is 8.96. The summed E-state index contributed by atoms with van der Waals surface area (Å²) in [6.45, 7) is 0. The highest BCUT2D eigenvalue weighted by atomic mass is 32.1. The Balaban J connectivity index is 1.20. The smallest absolute Gasteiger partial charge is 0.164 e. The molecule has 8 aromatic carbocycles. The van der Waals surface area contributed by atoms with Crippen LogP contribution in [0, 0.1) is 0 Å². The standard InChI is InChI=1S/C49H29N3OS/c1-3-14-30(15-4-1)33-27-40(45-36-20-9-11-23-41(36)53-42(45)29-33)39-28-34(26-32-18-7-8-19-35(32)39)48-50-47(31-16-5-2-6-17-31)51-49(52-48)38-22-13-25-44-46(38)37-21-10-12-24-43(37)54-44/h1-29H. The van der Waals surface area contributed by atoms with Crippen LogP contribution in [0.5, 0.6) is 0 Å². The molecule has 0 aliphatic heterocycles. The fourth-order valence-electron chi connectivity index (χ4n) is 7.83. The van der Waals surface area contributed by atoms with Crippen LogP contribution in [0.15, 0.2) is 180 Å². The quantitative estimate of drug-likeness (QED) is 0.179. The lowest BCUT2D eigenvalue weighted by Gasteiger charge is -2.14. The molecule has 0 atom stereocenters. The number of fused-ring (bicyclic) bond motifs is 7. The number of para-hydroxylation sites is 1. The van der Waals surface area contributed by atoms with E-state index in [1.807, 2.05) is 30.3 Å². The zero-order valence-electron chi connectivity index (χ0n) is 28.9. The largest absolute Gasteiger partial charge is 0.456 e. The van der Waals surface area contributed by atoms with Gasteiger partial charge >= 0.3 is 0 Å². The lowest BCUT2D eigenvalue weighted by atomic mass is 9.90. The highest BCUT2D eigenvalue weighted by Crippen LogP contribution is 2.44. The van der Waals surface area contributed by atoms with Gasteiger partial charge in [0.2, 0.25) is 0 Å². The topological polar surface area (TPSA) is 51.8 Å². The molecular weight excluding hydrogens is 679 g/mol. The number of rotatable bonds is 5. The van der Waals surface area contributed by atoms with E-state index < -0.39 is 0 Å². The summed E-state index contributed by atoms with van der Waals surface area (Å²) in [5.74, 6) is 1.91. The molecule has 0 saturated heterocycles. The molecular formula is C49H29N3OS. The Morgan fingerprint density at radius 2 is 0.981 bits per heavy atom. The Kier molecular flexibility index (Phi) is 7.00. The molecule has 252 valence electrons. The number of nitrogens with zero attached hydrogens (tertiary/aromatic N) is 3. The van der Waals surface area contributed by atoms with Crippen LogP contribution in [0.25, 0.3) is 109 Å². The lowest BCUT2D eigenvalue weighted by Crippen LogP contribution is -2.01. The molecule has 0 spiro atoms. The summed E-state index contributed by atoms with van der Waals surface area (Å²) >= 11 is 1.80. The number of thiophene rings is 1. The predicted molar refractivity (Wildman–Crippen MR) is 225 cm³/mol. The minimum atomic E-state index is 0.620. The number of hydrogen-bond acceptors (Lipinski definition) is 5. The van der Waals surface area contributed by atoms with Crippen LogP contribution < -0.4 is 0 Å². The first-order chi connectivity index (χ1) is 26.7. The average molecular weight is 708 g/mol. The molecule has 11 aromatic rings. The van der Waals surface area contributed by atoms with Gasteiger partial charge in [-0.05, 0) is 75.5 Å². The van der Waals surface area contributed by atoms with Gasteiger partial charge < -0.3 is 4.42 Å². The Morgan fingerprint density at radius 3 is 1.81 bits per heavy atom. The van der Waals surface area contributed by atoms with Crippen LogP contribution in [-0.4, -0.2) is 15.0 Å². The summed E-state index contributed by atoms with van der Waals surface area (Å²) in [4.78, 5) is 15.7. The van der Waals surface area contributed by atoms with Gasteiger partial charge in [-0.3, -0.25) is 0 Å². The molecule has 0 radical (unpaired) electrons. The Labute approximate surface area is 314 Å². The van der Waals surface area contributed by atoms with E-state index in [0.29, 0.717) is 17.5 Å². The predicted octanol–water partition coefficient (Wildman–Crippen LogP) is 13.6. The molecule has 0 N–H and O–H groups in total. The van der Waals surface area contributed by atoms with Crippen molar-refractivity contribution in [3.63, 3.8) is 0 Å². The highest BCUT2D eigenvalue weighted by molar-refractivity contribution is 7.25. The first-order valence-corrected chi connectivity index (χ1v) is 18.8. The van der Waals surface area contributed by atoms with Crippen molar-refractivity contribution in [3.8, 4) is 56.4 Å². The zero-order valence-corrected chi connectivity index (χ0v) is 29.7. The molecule has 4 nitrogen and oxygen atoms in total. The molecule has 0 unspecified atom stereocenters. The van der Waals surface area contributed by atoms with Crippen LogP contribution >= 0.6 is 11.3 Å². The van der Waals surface area contributed by atoms with E-state index in [1.165, 1.54) is 20.2 Å². The van der Waals surface area contributed by atoms with Crippen molar-refractivity contribution in [1.82, 2.24) is 15.0 Å². The van der Waals surface area contributed by atoms with Crippen molar-refractivity contribution in [2.24, 2.45) is 0 Å². The van der Waals surface area contributed by atoms with Crippen molar-refractivity contribution < 1.29 is 4.42 Å². The maximum Gasteiger partial charge on any atom is 0.164 e. The van der Waals surface area contributed by atoms with Gasteiger partial charge in [-0.15, -0.1) is 11.3 Å². The first-order valence-electron chi connectivity index (χ1n) is 18.0. The van der Waals surface area contributed by atoms with Gasteiger partial charge in [-0.25, -0.2) is 15.0 Å². The van der Waals surface area contributed by atoms with Crippen molar-refractivity contribution in [2.45, 2.75) is 0 Å². The first kappa shape index (κ1) is 30.7. The molecule has 5 heteroatoms. The molecule has 54 heavy (non-hydrogen) atoms. The van der Waals surface area contributed by atoms with Gasteiger partial charge in [0.25, 0.3) is 0 Å². The van der Waals surface area contributed by atoms with Gasteiger partial charge in [0.1, 0.15) is 11.2 Å². The highest BCUT2D eigenvalue weighted by Gasteiger charge is 2.21. The van der Waals surface area contributed by atoms with Crippen LogP contribution in [-0.2, 0) is 0 Å². The second-order valence-corrected chi connectivity index (χ2v) is 14.6. The normalized spacial score (nSPS) is 11.7. The molecule has 0 aliphatic rings. The van der Waals surface area contributed by atoms with E-state index in [2.05, 4.69) is 146 Å². The summed E-state index contributed by atoms with van der Waals surface area (Å²) in [6, 6.07) is 61.5. The summed E-state index contributed by atoms with van der Waals surface area (Å²) < 4.78 is 9.01. The number of aromatic nitrogens is 3. The van der Waals surface area contributed by atoms with E-state index >= 15 is 0 Å². The molecule has 0 fully saturated rings.